The summed E-state index contributed by atoms with van der Waals surface area (Å²) in [5.74, 6) is -1.15. The maximum atomic E-state index is 11.3. The van der Waals surface area contributed by atoms with Gasteiger partial charge >= 0.3 is 5.97 Å². The number of carbonyl (C=O) groups excluding carboxylic acids is 1. The molecule has 0 aromatic rings. The smallest absolute Gasteiger partial charge is 0.305 e. The maximum Gasteiger partial charge on any atom is 0.305 e. The molecule has 1 fully saturated rings. The lowest BCUT2D eigenvalue weighted by Crippen LogP contribution is -2.57. The second kappa shape index (κ2) is 3.96. The Bertz CT molecular complexity index is 246. The molecule has 0 aromatic carbocycles. The molecule has 1 amide bonds. The standard InChI is InChI=1S/C9H16N2O3/c1-6(10)8(14)11-9(3-2-4-9)5-7(12)13/h6H,2-5,10H2,1H3,(H,11,14)(H,12,13). The van der Waals surface area contributed by atoms with Crippen LogP contribution in [-0.2, 0) is 9.59 Å². The summed E-state index contributed by atoms with van der Waals surface area (Å²) in [5.41, 5.74) is 4.86. The molecule has 0 aliphatic heterocycles. The number of carboxylic acid groups (broad SMARTS) is 1. The van der Waals surface area contributed by atoms with Crippen molar-refractivity contribution in [1.29, 1.82) is 0 Å². The zero-order valence-electron chi connectivity index (χ0n) is 8.25. The van der Waals surface area contributed by atoms with Gasteiger partial charge in [-0.05, 0) is 26.2 Å². The van der Waals surface area contributed by atoms with Crippen molar-refractivity contribution >= 4 is 11.9 Å². The minimum Gasteiger partial charge on any atom is -0.481 e. The Morgan fingerprint density at radius 3 is 2.43 bits per heavy atom. The van der Waals surface area contributed by atoms with Gasteiger partial charge in [0, 0.05) is 0 Å². The van der Waals surface area contributed by atoms with Crippen molar-refractivity contribution < 1.29 is 14.7 Å². The molecule has 5 nitrogen and oxygen atoms in total. The molecule has 0 heterocycles. The van der Waals surface area contributed by atoms with Crippen LogP contribution >= 0.6 is 0 Å². The molecule has 80 valence electrons. The summed E-state index contributed by atoms with van der Waals surface area (Å²) in [7, 11) is 0. The van der Waals surface area contributed by atoms with Crippen molar-refractivity contribution in [1.82, 2.24) is 5.32 Å². The van der Waals surface area contributed by atoms with Crippen LogP contribution in [0.3, 0.4) is 0 Å². The predicted octanol–water partition coefficient (Wildman–Crippen LogP) is -0.153. The van der Waals surface area contributed by atoms with Gasteiger partial charge in [-0.3, -0.25) is 9.59 Å². The number of nitrogens with one attached hydrogen (secondary N) is 1. The SMILES string of the molecule is CC(N)C(=O)NC1(CC(=O)O)CCC1. The summed E-state index contributed by atoms with van der Waals surface area (Å²) in [5, 5.41) is 11.4. The van der Waals surface area contributed by atoms with E-state index in [0.717, 1.165) is 19.3 Å². The molecule has 0 saturated heterocycles. The Labute approximate surface area is 82.7 Å². The Hall–Kier alpha value is -1.10. The van der Waals surface area contributed by atoms with E-state index in [1.165, 1.54) is 0 Å². The molecular weight excluding hydrogens is 184 g/mol. The van der Waals surface area contributed by atoms with Crippen molar-refractivity contribution in [2.24, 2.45) is 5.73 Å². The van der Waals surface area contributed by atoms with Crippen molar-refractivity contribution in [2.45, 2.75) is 44.2 Å². The van der Waals surface area contributed by atoms with Crippen molar-refractivity contribution in [3.8, 4) is 0 Å². The van der Waals surface area contributed by atoms with Crippen molar-refractivity contribution in [3.05, 3.63) is 0 Å². The molecule has 1 saturated carbocycles. The largest absolute Gasteiger partial charge is 0.481 e. The number of rotatable bonds is 4. The molecular formula is C9H16N2O3. The first-order valence-electron chi connectivity index (χ1n) is 4.75. The van der Waals surface area contributed by atoms with Crippen LogP contribution in [0, 0.1) is 0 Å². The van der Waals surface area contributed by atoms with Gasteiger partial charge < -0.3 is 16.2 Å². The van der Waals surface area contributed by atoms with Crippen LogP contribution in [-0.4, -0.2) is 28.6 Å². The molecule has 1 rings (SSSR count). The number of hydrogen-bond donors (Lipinski definition) is 3. The van der Waals surface area contributed by atoms with Gasteiger partial charge in [-0.15, -0.1) is 0 Å². The fourth-order valence-corrected chi connectivity index (χ4v) is 1.61. The molecule has 1 aliphatic carbocycles. The monoisotopic (exact) mass is 200 g/mol. The number of nitrogens with two attached hydrogens (primary N) is 1. The second-order valence-electron chi connectivity index (χ2n) is 3.98. The highest BCUT2D eigenvalue weighted by atomic mass is 16.4. The Morgan fingerprint density at radius 1 is 1.57 bits per heavy atom. The molecule has 0 spiro atoms. The average molecular weight is 200 g/mol. The van der Waals surface area contributed by atoms with E-state index in [4.69, 9.17) is 10.8 Å². The van der Waals surface area contributed by atoms with Crippen LogP contribution in [0.15, 0.2) is 0 Å². The molecule has 0 aromatic heterocycles. The van der Waals surface area contributed by atoms with Crippen LogP contribution in [0.2, 0.25) is 0 Å². The molecule has 14 heavy (non-hydrogen) atoms. The lowest BCUT2D eigenvalue weighted by atomic mass is 9.74. The number of amides is 1. The van der Waals surface area contributed by atoms with E-state index in [1.807, 2.05) is 0 Å². The number of carbonyl (C=O) groups is 2. The van der Waals surface area contributed by atoms with Gasteiger partial charge in [0.1, 0.15) is 0 Å². The zero-order chi connectivity index (χ0) is 10.8. The topological polar surface area (TPSA) is 92.4 Å². The highest BCUT2D eigenvalue weighted by Crippen LogP contribution is 2.34. The van der Waals surface area contributed by atoms with E-state index in [1.54, 1.807) is 6.92 Å². The van der Waals surface area contributed by atoms with Gasteiger partial charge in [0.25, 0.3) is 0 Å². The van der Waals surface area contributed by atoms with E-state index in [9.17, 15) is 9.59 Å². The summed E-state index contributed by atoms with van der Waals surface area (Å²) in [6.07, 6.45) is 2.42. The lowest BCUT2D eigenvalue weighted by molar-refractivity contribution is -0.140. The summed E-state index contributed by atoms with van der Waals surface area (Å²) < 4.78 is 0. The Kier molecular flexibility index (Phi) is 3.10. The van der Waals surface area contributed by atoms with E-state index in [2.05, 4.69) is 5.32 Å². The Morgan fingerprint density at radius 2 is 2.14 bits per heavy atom. The summed E-state index contributed by atoms with van der Waals surface area (Å²) in [4.78, 5) is 21.9. The van der Waals surface area contributed by atoms with Gasteiger partial charge in [0.05, 0.1) is 18.0 Å². The fraction of sp³-hybridized carbons (Fsp3) is 0.778. The van der Waals surface area contributed by atoms with E-state index >= 15 is 0 Å². The minimum atomic E-state index is -0.880. The first-order chi connectivity index (χ1) is 6.45. The lowest BCUT2D eigenvalue weighted by Gasteiger charge is -2.41. The quantitative estimate of drug-likeness (QED) is 0.588. The third-order valence-electron chi connectivity index (χ3n) is 2.60. The fourth-order valence-electron chi connectivity index (χ4n) is 1.61. The molecule has 1 atom stereocenters. The second-order valence-corrected chi connectivity index (χ2v) is 3.98. The van der Waals surface area contributed by atoms with Crippen LogP contribution in [0.25, 0.3) is 0 Å². The highest BCUT2D eigenvalue weighted by molar-refractivity contribution is 5.82. The third kappa shape index (κ3) is 2.45. The summed E-state index contributed by atoms with van der Waals surface area (Å²) in [6, 6.07) is -0.582. The van der Waals surface area contributed by atoms with Crippen LogP contribution < -0.4 is 11.1 Å². The van der Waals surface area contributed by atoms with Gasteiger partial charge in [-0.25, -0.2) is 0 Å². The normalized spacial score (nSPS) is 20.7. The minimum absolute atomic E-state index is 0.00847. The molecule has 5 heteroatoms. The summed E-state index contributed by atoms with van der Waals surface area (Å²) in [6.45, 7) is 1.59. The van der Waals surface area contributed by atoms with E-state index < -0.39 is 17.6 Å². The zero-order valence-corrected chi connectivity index (χ0v) is 8.25. The van der Waals surface area contributed by atoms with Gasteiger partial charge in [-0.2, -0.15) is 0 Å². The third-order valence-corrected chi connectivity index (χ3v) is 2.60. The van der Waals surface area contributed by atoms with Gasteiger partial charge in [0.15, 0.2) is 0 Å². The summed E-state index contributed by atoms with van der Waals surface area (Å²) >= 11 is 0. The van der Waals surface area contributed by atoms with Crippen LogP contribution in [0.1, 0.15) is 32.6 Å². The first-order valence-corrected chi connectivity index (χ1v) is 4.75. The van der Waals surface area contributed by atoms with Crippen LogP contribution in [0.4, 0.5) is 0 Å². The number of aliphatic carboxylic acids is 1. The van der Waals surface area contributed by atoms with Gasteiger partial charge in [0.2, 0.25) is 5.91 Å². The average Bonchev–Trinajstić information content (AvgIpc) is 1.99. The Balaban J connectivity index is 2.53. The van der Waals surface area contributed by atoms with E-state index in [-0.39, 0.29) is 12.3 Å². The molecule has 0 bridgehead atoms. The molecule has 0 radical (unpaired) electrons. The van der Waals surface area contributed by atoms with Crippen LogP contribution in [0.5, 0.6) is 0 Å². The van der Waals surface area contributed by atoms with Crippen molar-refractivity contribution in [2.75, 3.05) is 0 Å². The molecule has 4 N–H and O–H groups in total. The first kappa shape index (κ1) is 11.0. The van der Waals surface area contributed by atoms with E-state index in [0.29, 0.717) is 0 Å². The maximum absolute atomic E-state index is 11.3. The number of carboxylic acids is 1. The van der Waals surface area contributed by atoms with Crippen molar-refractivity contribution in [3.63, 3.8) is 0 Å². The van der Waals surface area contributed by atoms with Gasteiger partial charge in [-0.1, -0.05) is 0 Å². The highest BCUT2D eigenvalue weighted by Gasteiger charge is 2.40. The predicted molar refractivity (Wildman–Crippen MR) is 50.6 cm³/mol. The molecule has 1 unspecified atom stereocenters. The molecule has 1 aliphatic rings. The number of hydrogen-bond acceptors (Lipinski definition) is 3.